The van der Waals surface area contributed by atoms with Crippen LogP contribution in [0.4, 0.5) is 10.5 Å². The van der Waals surface area contributed by atoms with Gasteiger partial charge < -0.3 is 15.2 Å². The number of hydrogen-bond donors (Lipinski definition) is 2. The number of hydrogen-bond acceptors (Lipinski definition) is 4. The maximum Gasteiger partial charge on any atom is 0.319 e. The van der Waals surface area contributed by atoms with E-state index in [1.165, 1.54) is 24.0 Å². The van der Waals surface area contributed by atoms with Gasteiger partial charge in [-0.25, -0.2) is 4.79 Å². The van der Waals surface area contributed by atoms with Crippen LogP contribution in [-0.2, 0) is 12.8 Å². The zero-order chi connectivity index (χ0) is 16.5. The number of benzene rings is 1. The molecule has 0 bridgehead atoms. The SMILES string of the molecule is C[C@@H](NC(=O)Nc1cccc2c1CCCC2)c1nc(C2CC2)no1. The zero-order valence-corrected chi connectivity index (χ0v) is 13.8. The van der Waals surface area contributed by atoms with Gasteiger partial charge in [0.05, 0.1) is 0 Å². The van der Waals surface area contributed by atoms with Gasteiger partial charge in [0, 0.05) is 11.6 Å². The van der Waals surface area contributed by atoms with Crippen molar-refractivity contribution in [3.63, 3.8) is 0 Å². The van der Waals surface area contributed by atoms with Gasteiger partial charge in [-0.1, -0.05) is 17.3 Å². The molecule has 6 heteroatoms. The minimum Gasteiger partial charge on any atom is -0.337 e. The number of aromatic nitrogens is 2. The average molecular weight is 326 g/mol. The molecule has 2 aliphatic rings. The molecule has 0 radical (unpaired) electrons. The van der Waals surface area contributed by atoms with Gasteiger partial charge in [-0.15, -0.1) is 0 Å². The van der Waals surface area contributed by atoms with Crippen molar-refractivity contribution in [2.75, 3.05) is 5.32 Å². The lowest BCUT2D eigenvalue weighted by molar-refractivity contribution is 0.245. The first-order valence-electron chi connectivity index (χ1n) is 8.72. The molecule has 2 aliphatic carbocycles. The Morgan fingerprint density at radius 3 is 2.96 bits per heavy atom. The molecule has 1 atom stereocenters. The topological polar surface area (TPSA) is 80.0 Å². The highest BCUT2D eigenvalue weighted by atomic mass is 16.5. The summed E-state index contributed by atoms with van der Waals surface area (Å²) >= 11 is 0. The third-order valence-electron chi connectivity index (χ3n) is 4.76. The number of carbonyl (C=O) groups is 1. The van der Waals surface area contributed by atoms with Gasteiger partial charge >= 0.3 is 6.03 Å². The van der Waals surface area contributed by atoms with Gasteiger partial charge in [0.1, 0.15) is 6.04 Å². The summed E-state index contributed by atoms with van der Waals surface area (Å²) in [6, 6.07) is 5.56. The van der Waals surface area contributed by atoms with Crippen LogP contribution in [0.15, 0.2) is 22.7 Å². The van der Waals surface area contributed by atoms with Crippen LogP contribution in [-0.4, -0.2) is 16.2 Å². The van der Waals surface area contributed by atoms with Crippen molar-refractivity contribution in [1.29, 1.82) is 0 Å². The third-order valence-corrected chi connectivity index (χ3v) is 4.76. The fraction of sp³-hybridized carbons (Fsp3) is 0.500. The second-order valence-electron chi connectivity index (χ2n) is 6.74. The Hall–Kier alpha value is -2.37. The largest absolute Gasteiger partial charge is 0.337 e. The second kappa shape index (κ2) is 6.26. The molecule has 1 fully saturated rings. The molecule has 2 N–H and O–H groups in total. The second-order valence-corrected chi connectivity index (χ2v) is 6.74. The Balaban J connectivity index is 1.41. The smallest absolute Gasteiger partial charge is 0.319 e. The lowest BCUT2D eigenvalue weighted by atomic mass is 9.90. The molecule has 24 heavy (non-hydrogen) atoms. The summed E-state index contributed by atoms with van der Waals surface area (Å²) in [5.41, 5.74) is 3.51. The maximum absolute atomic E-state index is 12.3. The molecule has 1 aromatic carbocycles. The molecular weight excluding hydrogens is 304 g/mol. The number of nitrogens with zero attached hydrogens (tertiary/aromatic N) is 2. The van der Waals surface area contributed by atoms with Gasteiger partial charge in [-0.05, 0) is 62.6 Å². The molecule has 6 nitrogen and oxygen atoms in total. The molecule has 2 amide bonds. The number of amides is 2. The highest BCUT2D eigenvalue weighted by Gasteiger charge is 2.29. The molecule has 1 aromatic heterocycles. The number of fused-ring (bicyclic) bond motifs is 1. The molecule has 1 heterocycles. The van der Waals surface area contributed by atoms with E-state index in [1.807, 2.05) is 19.1 Å². The number of carbonyl (C=O) groups excluding carboxylic acids is 1. The monoisotopic (exact) mass is 326 g/mol. The fourth-order valence-corrected chi connectivity index (χ4v) is 3.25. The van der Waals surface area contributed by atoms with Crippen molar-refractivity contribution in [2.24, 2.45) is 0 Å². The fourth-order valence-electron chi connectivity index (χ4n) is 3.25. The van der Waals surface area contributed by atoms with Crippen molar-refractivity contribution < 1.29 is 9.32 Å². The van der Waals surface area contributed by atoms with Gasteiger partial charge in [0.15, 0.2) is 5.82 Å². The number of anilines is 1. The summed E-state index contributed by atoms with van der Waals surface area (Å²) in [5, 5.41) is 9.84. The van der Waals surface area contributed by atoms with Crippen LogP contribution >= 0.6 is 0 Å². The number of aryl methyl sites for hydroxylation is 1. The molecule has 126 valence electrons. The third kappa shape index (κ3) is 3.13. The number of urea groups is 1. The van der Waals surface area contributed by atoms with E-state index in [0.29, 0.717) is 11.8 Å². The lowest BCUT2D eigenvalue weighted by Crippen LogP contribution is -2.31. The molecule has 4 rings (SSSR count). The van der Waals surface area contributed by atoms with Crippen molar-refractivity contribution in [3.8, 4) is 0 Å². The van der Waals surface area contributed by atoms with E-state index in [9.17, 15) is 4.79 Å². The first-order valence-corrected chi connectivity index (χ1v) is 8.72. The highest BCUT2D eigenvalue weighted by Crippen LogP contribution is 2.38. The van der Waals surface area contributed by atoms with Crippen molar-refractivity contribution >= 4 is 11.7 Å². The average Bonchev–Trinajstić information content (AvgIpc) is 3.32. The van der Waals surface area contributed by atoms with E-state index in [1.54, 1.807) is 0 Å². The maximum atomic E-state index is 12.3. The summed E-state index contributed by atoms with van der Waals surface area (Å²) < 4.78 is 5.27. The van der Waals surface area contributed by atoms with E-state index in [2.05, 4.69) is 26.8 Å². The molecule has 0 saturated heterocycles. The molecule has 0 unspecified atom stereocenters. The Morgan fingerprint density at radius 1 is 1.29 bits per heavy atom. The summed E-state index contributed by atoms with van der Waals surface area (Å²) in [6.45, 7) is 1.85. The highest BCUT2D eigenvalue weighted by molar-refractivity contribution is 5.90. The van der Waals surface area contributed by atoms with Crippen molar-refractivity contribution in [3.05, 3.63) is 41.0 Å². The number of rotatable bonds is 4. The van der Waals surface area contributed by atoms with Gasteiger partial charge in [-0.3, -0.25) is 0 Å². The van der Waals surface area contributed by atoms with Crippen LogP contribution in [0, 0.1) is 0 Å². The molecular formula is C18H22N4O2. The van der Waals surface area contributed by atoms with Gasteiger partial charge in [-0.2, -0.15) is 4.98 Å². The van der Waals surface area contributed by atoms with E-state index in [4.69, 9.17) is 4.52 Å². The van der Waals surface area contributed by atoms with Crippen LogP contribution in [0.5, 0.6) is 0 Å². The predicted molar refractivity (Wildman–Crippen MR) is 89.9 cm³/mol. The summed E-state index contributed by atoms with van der Waals surface area (Å²) in [5.74, 6) is 1.66. The molecule has 0 aliphatic heterocycles. The van der Waals surface area contributed by atoms with E-state index in [-0.39, 0.29) is 12.1 Å². The standard InChI is InChI=1S/C18H22N4O2/c1-11(17-21-16(22-24-17)13-9-10-13)19-18(23)20-15-8-4-6-12-5-2-3-7-14(12)15/h4,6,8,11,13H,2-3,5,7,9-10H2,1H3,(H2,19,20,23)/t11-/m1/s1. The van der Waals surface area contributed by atoms with Crippen molar-refractivity contribution in [2.45, 2.75) is 57.4 Å². The van der Waals surface area contributed by atoms with E-state index < -0.39 is 0 Å². The summed E-state index contributed by atoms with van der Waals surface area (Å²) in [4.78, 5) is 16.7. The Labute approximate surface area is 141 Å². The van der Waals surface area contributed by atoms with Crippen molar-refractivity contribution in [1.82, 2.24) is 15.5 Å². The van der Waals surface area contributed by atoms with E-state index >= 15 is 0 Å². The zero-order valence-electron chi connectivity index (χ0n) is 13.8. The minimum atomic E-state index is -0.315. The molecule has 0 spiro atoms. The van der Waals surface area contributed by atoms with Crippen LogP contribution in [0.25, 0.3) is 0 Å². The lowest BCUT2D eigenvalue weighted by Gasteiger charge is -2.20. The quantitative estimate of drug-likeness (QED) is 0.897. The Bertz CT molecular complexity index is 751. The molecule has 2 aromatic rings. The van der Waals surface area contributed by atoms with Crippen LogP contribution in [0.2, 0.25) is 0 Å². The summed E-state index contributed by atoms with van der Waals surface area (Å²) in [7, 11) is 0. The Morgan fingerprint density at radius 2 is 2.12 bits per heavy atom. The first-order chi connectivity index (χ1) is 11.7. The minimum absolute atomic E-state index is 0.243. The van der Waals surface area contributed by atoms with E-state index in [0.717, 1.165) is 37.2 Å². The van der Waals surface area contributed by atoms with Gasteiger partial charge in [0.25, 0.3) is 0 Å². The predicted octanol–water partition coefficient (Wildman–Crippen LogP) is 3.71. The summed E-state index contributed by atoms with van der Waals surface area (Å²) in [6.07, 6.45) is 6.77. The first kappa shape index (κ1) is 15.2. The normalized spacial score (nSPS) is 17.9. The number of nitrogens with one attached hydrogen (secondary N) is 2. The Kier molecular flexibility index (Phi) is 3.96. The van der Waals surface area contributed by atoms with Gasteiger partial charge in [0.2, 0.25) is 5.89 Å². The van der Waals surface area contributed by atoms with Crippen LogP contribution < -0.4 is 10.6 Å². The van der Waals surface area contributed by atoms with Crippen LogP contribution in [0.3, 0.4) is 0 Å². The van der Waals surface area contributed by atoms with Crippen LogP contribution in [0.1, 0.15) is 67.4 Å². The molecule has 1 saturated carbocycles.